The lowest BCUT2D eigenvalue weighted by molar-refractivity contribution is -0.143. The van der Waals surface area contributed by atoms with Gasteiger partial charge in [0.25, 0.3) is 0 Å². The van der Waals surface area contributed by atoms with E-state index in [0.717, 1.165) is 4.90 Å². The van der Waals surface area contributed by atoms with Gasteiger partial charge in [-0.2, -0.15) is 5.09 Å². The number of hydrogen-bond acceptors (Lipinski definition) is 8. The van der Waals surface area contributed by atoms with Gasteiger partial charge in [-0.05, 0) is 62.4 Å². The van der Waals surface area contributed by atoms with Gasteiger partial charge in [0.2, 0.25) is 0 Å². The van der Waals surface area contributed by atoms with E-state index in [1.807, 2.05) is 18.4 Å². The Morgan fingerprint density at radius 3 is 2.25 bits per heavy atom. The fraction of sp³-hybridized carbons (Fsp3) is 0.364. The lowest BCUT2D eigenvalue weighted by Crippen LogP contribution is -2.26. The van der Waals surface area contributed by atoms with E-state index in [4.69, 9.17) is 18.5 Å². The number of thioether (sulfide) groups is 1. The van der Waals surface area contributed by atoms with Gasteiger partial charge >= 0.3 is 19.7 Å². The Labute approximate surface area is 192 Å². The number of carbonyl (C=O) groups is 2. The Kier molecular flexibility index (Phi) is 10.6. The molecule has 0 aliphatic carbocycles. The van der Waals surface area contributed by atoms with Crippen molar-refractivity contribution in [2.24, 2.45) is 0 Å². The summed E-state index contributed by atoms with van der Waals surface area (Å²) in [6, 6.07) is 13.9. The summed E-state index contributed by atoms with van der Waals surface area (Å²) in [5, 5.41) is 2.56. The topological polar surface area (TPSA) is 100 Å². The van der Waals surface area contributed by atoms with E-state index < -0.39 is 13.7 Å². The molecule has 0 amide bonds. The van der Waals surface area contributed by atoms with Crippen LogP contribution in [0.4, 0.5) is 0 Å². The van der Waals surface area contributed by atoms with E-state index in [1.54, 1.807) is 62.0 Å². The molecule has 0 fully saturated rings. The van der Waals surface area contributed by atoms with Crippen molar-refractivity contribution >= 4 is 31.4 Å². The second-order valence-electron chi connectivity index (χ2n) is 6.41. The number of esters is 2. The maximum absolute atomic E-state index is 13.5. The third kappa shape index (κ3) is 8.57. The van der Waals surface area contributed by atoms with Gasteiger partial charge in [-0.1, -0.05) is 18.2 Å². The number of ether oxygens (including phenoxy) is 2. The molecule has 0 heterocycles. The van der Waals surface area contributed by atoms with E-state index in [1.165, 1.54) is 0 Å². The quantitative estimate of drug-likeness (QED) is 0.249. The molecule has 2 aromatic carbocycles. The standard InChI is InChI=1S/C22H28NO7PS/c1-4-27-21(24)15-10-17-8-6-7-9-20(17)30-31(26,23-16-22(25)28-5-2)29-18-11-13-19(32-3)14-12-18/h6-9,11-14H,4-5,10,15-16H2,1-3H3,(H,23,26). The van der Waals surface area contributed by atoms with Gasteiger partial charge < -0.3 is 18.5 Å². The molecule has 174 valence electrons. The summed E-state index contributed by atoms with van der Waals surface area (Å²) >= 11 is 1.56. The summed E-state index contributed by atoms with van der Waals surface area (Å²) in [6.07, 6.45) is 2.42. The second kappa shape index (κ2) is 13.2. The van der Waals surface area contributed by atoms with E-state index in [9.17, 15) is 14.2 Å². The molecule has 10 heteroatoms. The number of nitrogens with one attached hydrogen (secondary N) is 1. The van der Waals surface area contributed by atoms with Crippen LogP contribution in [0.25, 0.3) is 0 Å². The average Bonchev–Trinajstić information content (AvgIpc) is 2.78. The molecule has 0 aromatic heterocycles. The fourth-order valence-corrected chi connectivity index (χ4v) is 4.36. The summed E-state index contributed by atoms with van der Waals surface area (Å²) in [7, 11) is -4.03. The summed E-state index contributed by atoms with van der Waals surface area (Å²) in [6.45, 7) is 3.55. The summed E-state index contributed by atoms with van der Waals surface area (Å²) in [4.78, 5) is 24.6. The van der Waals surface area contributed by atoms with Crippen LogP contribution in [0.3, 0.4) is 0 Å². The Morgan fingerprint density at radius 1 is 0.938 bits per heavy atom. The van der Waals surface area contributed by atoms with E-state index in [-0.39, 0.29) is 31.3 Å². The molecule has 1 atom stereocenters. The summed E-state index contributed by atoms with van der Waals surface area (Å²) in [5.74, 6) is -0.340. The second-order valence-corrected chi connectivity index (χ2v) is 8.96. The molecule has 0 saturated heterocycles. The van der Waals surface area contributed by atoms with Crippen LogP contribution in [-0.4, -0.2) is 38.0 Å². The van der Waals surface area contributed by atoms with Crippen LogP contribution >= 0.6 is 19.5 Å². The summed E-state index contributed by atoms with van der Waals surface area (Å²) in [5.41, 5.74) is 0.653. The Bertz CT molecular complexity index is 936. The van der Waals surface area contributed by atoms with E-state index in [2.05, 4.69) is 5.09 Å². The smallest absolute Gasteiger partial charge is 0.466 e. The Morgan fingerprint density at radius 2 is 1.59 bits per heavy atom. The van der Waals surface area contributed by atoms with E-state index >= 15 is 0 Å². The minimum atomic E-state index is -4.03. The van der Waals surface area contributed by atoms with Gasteiger partial charge in [0, 0.05) is 11.3 Å². The Hall–Kier alpha value is -2.48. The van der Waals surface area contributed by atoms with Crippen LogP contribution in [0, 0.1) is 0 Å². The number of benzene rings is 2. The van der Waals surface area contributed by atoms with Gasteiger partial charge in [-0.3, -0.25) is 9.59 Å². The lowest BCUT2D eigenvalue weighted by Gasteiger charge is -2.21. The highest BCUT2D eigenvalue weighted by molar-refractivity contribution is 7.98. The molecule has 1 unspecified atom stereocenters. The molecule has 1 N–H and O–H groups in total. The molecule has 2 rings (SSSR count). The zero-order valence-electron chi connectivity index (χ0n) is 18.4. The maximum atomic E-state index is 13.5. The molecule has 0 saturated carbocycles. The highest BCUT2D eigenvalue weighted by Crippen LogP contribution is 2.45. The highest BCUT2D eigenvalue weighted by Gasteiger charge is 2.30. The average molecular weight is 482 g/mol. The van der Waals surface area contributed by atoms with Crippen LogP contribution in [0.1, 0.15) is 25.8 Å². The van der Waals surface area contributed by atoms with Gasteiger partial charge in [0.05, 0.1) is 13.2 Å². The number of hydrogen-bond donors (Lipinski definition) is 1. The molecule has 8 nitrogen and oxygen atoms in total. The van der Waals surface area contributed by atoms with Gasteiger partial charge in [-0.25, -0.2) is 4.57 Å². The van der Waals surface area contributed by atoms with Crippen molar-refractivity contribution in [3.63, 3.8) is 0 Å². The van der Waals surface area contributed by atoms with Gasteiger partial charge in [0.15, 0.2) is 0 Å². The van der Waals surface area contributed by atoms with Crippen molar-refractivity contribution in [2.75, 3.05) is 26.0 Å². The van der Waals surface area contributed by atoms with Crippen LogP contribution in [0.15, 0.2) is 53.4 Å². The molecule has 2 aromatic rings. The van der Waals surface area contributed by atoms with Gasteiger partial charge in [0.1, 0.15) is 18.0 Å². The molecule has 0 aliphatic heterocycles. The molecule has 0 spiro atoms. The van der Waals surface area contributed by atoms with Crippen molar-refractivity contribution in [2.45, 2.75) is 31.6 Å². The molecular weight excluding hydrogens is 453 g/mol. The summed E-state index contributed by atoms with van der Waals surface area (Å²) < 4.78 is 34.8. The van der Waals surface area contributed by atoms with Crippen molar-refractivity contribution < 1.29 is 32.7 Å². The first-order valence-corrected chi connectivity index (χ1v) is 12.9. The van der Waals surface area contributed by atoms with Crippen LogP contribution in [0.2, 0.25) is 0 Å². The normalized spacial score (nSPS) is 12.5. The first-order valence-electron chi connectivity index (χ1n) is 10.2. The molecular formula is C22H28NO7PS. The molecule has 0 aliphatic rings. The minimum absolute atomic E-state index is 0.145. The van der Waals surface area contributed by atoms with Crippen LogP contribution in [-0.2, 0) is 30.0 Å². The monoisotopic (exact) mass is 481 g/mol. The molecule has 32 heavy (non-hydrogen) atoms. The van der Waals surface area contributed by atoms with Crippen molar-refractivity contribution in [1.29, 1.82) is 0 Å². The predicted octanol–water partition coefficient (Wildman–Crippen LogP) is 4.62. The van der Waals surface area contributed by atoms with Crippen molar-refractivity contribution in [1.82, 2.24) is 5.09 Å². The minimum Gasteiger partial charge on any atom is -0.466 e. The highest BCUT2D eigenvalue weighted by atomic mass is 32.2. The van der Waals surface area contributed by atoms with Crippen LogP contribution < -0.4 is 14.1 Å². The number of para-hydroxylation sites is 1. The number of rotatable bonds is 13. The van der Waals surface area contributed by atoms with Crippen LogP contribution in [0.5, 0.6) is 11.5 Å². The van der Waals surface area contributed by atoms with Gasteiger partial charge in [-0.15, -0.1) is 11.8 Å². The van der Waals surface area contributed by atoms with Crippen molar-refractivity contribution in [3.8, 4) is 11.5 Å². The fourth-order valence-electron chi connectivity index (χ4n) is 2.63. The third-order valence-electron chi connectivity index (χ3n) is 4.10. The zero-order valence-corrected chi connectivity index (χ0v) is 20.1. The molecule has 0 bridgehead atoms. The number of carbonyl (C=O) groups excluding carboxylic acids is 2. The van der Waals surface area contributed by atoms with E-state index in [0.29, 0.717) is 24.3 Å². The molecule has 0 radical (unpaired) electrons. The third-order valence-corrected chi connectivity index (χ3v) is 6.28. The predicted molar refractivity (Wildman–Crippen MR) is 123 cm³/mol. The lowest BCUT2D eigenvalue weighted by atomic mass is 10.1. The SMILES string of the molecule is CCOC(=O)CCc1ccccc1OP(=O)(NCC(=O)OCC)Oc1ccc(SC)cc1. The first-order chi connectivity index (χ1) is 15.4. The first kappa shape index (κ1) is 25.8. The zero-order chi connectivity index (χ0) is 23.4. The Balaban J connectivity index is 2.22. The largest absolute Gasteiger partial charge is 0.513 e. The number of aryl methyl sites for hydroxylation is 1. The maximum Gasteiger partial charge on any atom is 0.513 e. The van der Waals surface area contributed by atoms with Crippen molar-refractivity contribution in [3.05, 3.63) is 54.1 Å².